The third kappa shape index (κ3) is 4.85. The van der Waals surface area contributed by atoms with Gasteiger partial charge in [0.2, 0.25) is 10.0 Å². The average Bonchev–Trinajstić information content (AvgIpc) is 2.63. The summed E-state index contributed by atoms with van der Waals surface area (Å²) in [5.74, 6) is 1.20. The van der Waals surface area contributed by atoms with Crippen LogP contribution >= 0.6 is 0 Å². The van der Waals surface area contributed by atoms with Crippen LogP contribution in [0, 0.1) is 0 Å². The maximum absolute atomic E-state index is 12.5. The lowest BCUT2D eigenvalue weighted by Gasteiger charge is -2.10. The number of sulfonamides is 2. The highest BCUT2D eigenvalue weighted by molar-refractivity contribution is 7.93. The molecule has 0 unspecified atom stereocenters. The van der Waals surface area contributed by atoms with Crippen molar-refractivity contribution < 1.29 is 21.6 Å². The van der Waals surface area contributed by atoms with Gasteiger partial charge in [-0.3, -0.25) is 4.72 Å². The molecular weight excluding hydrogens is 388 g/mol. The zero-order chi connectivity index (χ0) is 19.5. The summed E-state index contributed by atoms with van der Waals surface area (Å²) >= 11 is 0. The zero-order valence-electron chi connectivity index (χ0n) is 13.9. The van der Waals surface area contributed by atoms with Crippen molar-refractivity contribution in [1.82, 2.24) is 0 Å². The summed E-state index contributed by atoms with van der Waals surface area (Å²) in [6.07, 6.45) is 0. The van der Waals surface area contributed by atoms with Crippen LogP contribution in [0.15, 0.2) is 88.7 Å². The van der Waals surface area contributed by atoms with Crippen molar-refractivity contribution in [2.24, 2.45) is 5.14 Å². The van der Waals surface area contributed by atoms with Gasteiger partial charge in [0.05, 0.1) is 9.79 Å². The lowest BCUT2D eigenvalue weighted by atomic mass is 10.3. The number of anilines is 1. The van der Waals surface area contributed by atoms with Gasteiger partial charge in [-0.1, -0.05) is 24.3 Å². The van der Waals surface area contributed by atoms with E-state index >= 15 is 0 Å². The fourth-order valence-corrected chi connectivity index (χ4v) is 3.99. The predicted octanol–water partition coefficient (Wildman–Crippen LogP) is 2.93. The Kier molecular flexibility index (Phi) is 5.17. The van der Waals surface area contributed by atoms with Crippen LogP contribution in [0.1, 0.15) is 0 Å². The van der Waals surface area contributed by atoms with E-state index in [1.165, 1.54) is 18.2 Å². The predicted molar refractivity (Wildman–Crippen MR) is 102 cm³/mol. The Hall–Kier alpha value is -2.88. The molecular formula is C18H16N2O5S2. The molecule has 0 spiro atoms. The van der Waals surface area contributed by atoms with E-state index in [1.54, 1.807) is 36.4 Å². The number of benzene rings is 3. The first-order valence-electron chi connectivity index (χ1n) is 7.73. The fraction of sp³-hybridized carbons (Fsp3) is 0. The van der Waals surface area contributed by atoms with Gasteiger partial charge in [-0.15, -0.1) is 0 Å². The Morgan fingerprint density at radius 2 is 1.30 bits per heavy atom. The van der Waals surface area contributed by atoms with Crippen LogP contribution in [0.5, 0.6) is 11.5 Å². The smallest absolute Gasteiger partial charge is 0.261 e. The van der Waals surface area contributed by atoms with E-state index in [1.807, 2.05) is 18.2 Å². The van der Waals surface area contributed by atoms with Gasteiger partial charge in [-0.2, -0.15) is 0 Å². The van der Waals surface area contributed by atoms with Crippen molar-refractivity contribution in [3.63, 3.8) is 0 Å². The molecule has 3 aromatic carbocycles. The summed E-state index contributed by atoms with van der Waals surface area (Å²) in [5.41, 5.74) is 0.302. The Balaban J connectivity index is 1.78. The van der Waals surface area contributed by atoms with Gasteiger partial charge in [0.15, 0.2) is 0 Å². The number of hydrogen-bond acceptors (Lipinski definition) is 5. The Bertz CT molecular complexity index is 1140. The molecule has 0 saturated heterocycles. The number of ether oxygens (including phenoxy) is 1. The summed E-state index contributed by atoms with van der Waals surface area (Å²) in [5, 5.41) is 5.04. The lowest BCUT2D eigenvalue weighted by Crippen LogP contribution is -2.16. The van der Waals surface area contributed by atoms with Gasteiger partial charge in [-0.25, -0.2) is 22.0 Å². The second-order valence-corrected chi connectivity index (χ2v) is 8.81. The molecule has 3 aromatic rings. The summed E-state index contributed by atoms with van der Waals surface area (Å²) in [6.45, 7) is 0. The Morgan fingerprint density at radius 1 is 0.704 bits per heavy atom. The third-order valence-electron chi connectivity index (χ3n) is 3.53. The number of hydrogen-bond donors (Lipinski definition) is 2. The van der Waals surface area contributed by atoms with Crippen LogP contribution in [0.4, 0.5) is 5.69 Å². The first-order valence-corrected chi connectivity index (χ1v) is 10.8. The zero-order valence-corrected chi connectivity index (χ0v) is 15.6. The first kappa shape index (κ1) is 18.9. The highest BCUT2D eigenvalue weighted by Crippen LogP contribution is 2.24. The van der Waals surface area contributed by atoms with Gasteiger partial charge in [0, 0.05) is 5.69 Å². The number of para-hydroxylation sites is 1. The standard InChI is InChI=1S/C18H16N2O5S2/c19-26(21,22)17-7-4-8-18(13-17)27(23,24)20-14-9-11-16(12-10-14)25-15-5-2-1-3-6-15/h1-13,20H,(H2,19,21,22). The summed E-state index contributed by atoms with van der Waals surface area (Å²) in [4.78, 5) is -0.490. The second kappa shape index (κ2) is 7.39. The molecule has 0 aliphatic heterocycles. The quantitative estimate of drug-likeness (QED) is 0.655. The summed E-state index contributed by atoms with van der Waals surface area (Å²) in [7, 11) is -7.98. The molecule has 0 atom stereocenters. The van der Waals surface area contributed by atoms with Crippen LogP contribution in [-0.4, -0.2) is 16.8 Å². The largest absolute Gasteiger partial charge is 0.457 e. The maximum Gasteiger partial charge on any atom is 0.261 e. The Labute approximate surface area is 157 Å². The van der Waals surface area contributed by atoms with E-state index in [9.17, 15) is 16.8 Å². The summed E-state index contributed by atoms with van der Waals surface area (Å²) in [6, 6.07) is 20.3. The van der Waals surface area contributed by atoms with Crippen molar-refractivity contribution in [3.05, 3.63) is 78.9 Å². The summed E-state index contributed by atoms with van der Waals surface area (Å²) < 4.78 is 55.8. The van der Waals surface area contributed by atoms with Gasteiger partial charge in [-0.05, 0) is 54.6 Å². The van der Waals surface area contributed by atoms with Crippen molar-refractivity contribution in [2.75, 3.05) is 4.72 Å². The van der Waals surface area contributed by atoms with Gasteiger partial charge in [0.25, 0.3) is 10.0 Å². The molecule has 0 bridgehead atoms. The van der Waals surface area contributed by atoms with E-state index in [-0.39, 0.29) is 9.79 Å². The minimum atomic E-state index is -4.00. The van der Waals surface area contributed by atoms with Crippen LogP contribution in [0.25, 0.3) is 0 Å². The molecule has 0 aliphatic rings. The molecule has 0 saturated carbocycles. The number of nitrogens with one attached hydrogen (secondary N) is 1. The molecule has 0 radical (unpaired) electrons. The number of nitrogens with two attached hydrogens (primary N) is 1. The van der Waals surface area contributed by atoms with Crippen molar-refractivity contribution in [3.8, 4) is 11.5 Å². The van der Waals surface area contributed by atoms with E-state index in [4.69, 9.17) is 9.88 Å². The Morgan fingerprint density at radius 3 is 1.93 bits per heavy atom. The van der Waals surface area contributed by atoms with E-state index in [0.29, 0.717) is 17.2 Å². The highest BCUT2D eigenvalue weighted by Gasteiger charge is 2.17. The first-order chi connectivity index (χ1) is 12.7. The molecule has 9 heteroatoms. The monoisotopic (exact) mass is 404 g/mol. The minimum absolute atomic E-state index is 0.210. The molecule has 3 rings (SSSR count). The van der Waals surface area contributed by atoms with Crippen molar-refractivity contribution in [2.45, 2.75) is 9.79 Å². The second-order valence-electron chi connectivity index (χ2n) is 5.56. The number of primary sulfonamides is 1. The lowest BCUT2D eigenvalue weighted by molar-refractivity contribution is 0.483. The maximum atomic E-state index is 12.5. The molecule has 27 heavy (non-hydrogen) atoms. The van der Waals surface area contributed by atoms with Crippen molar-refractivity contribution >= 4 is 25.7 Å². The number of rotatable bonds is 6. The molecule has 0 aliphatic carbocycles. The van der Waals surface area contributed by atoms with Crippen molar-refractivity contribution in [1.29, 1.82) is 0 Å². The molecule has 0 amide bonds. The minimum Gasteiger partial charge on any atom is -0.457 e. The van der Waals surface area contributed by atoms with Gasteiger partial charge < -0.3 is 4.74 Å². The van der Waals surface area contributed by atoms with Crippen LogP contribution in [0.3, 0.4) is 0 Å². The van der Waals surface area contributed by atoms with Gasteiger partial charge >= 0.3 is 0 Å². The topological polar surface area (TPSA) is 116 Å². The molecule has 3 N–H and O–H groups in total. The van der Waals surface area contributed by atoms with Gasteiger partial charge in [0.1, 0.15) is 11.5 Å². The fourth-order valence-electron chi connectivity index (χ4n) is 2.25. The highest BCUT2D eigenvalue weighted by atomic mass is 32.2. The third-order valence-corrected chi connectivity index (χ3v) is 5.82. The van der Waals surface area contributed by atoms with E-state index < -0.39 is 20.0 Å². The SMILES string of the molecule is NS(=O)(=O)c1cccc(S(=O)(=O)Nc2ccc(Oc3ccccc3)cc2)c1. The van der Waals surface area contributed by atoms with Crippen LogP contribution < -0.4 is 14.6 Å². The molecule has 140 valence electrons. The van der Waals surface area contributed by atoms with Crippen LogP contribution in [0.2, 0.25) is 0 Å². The normalized spacial score (nSPS) is 11.7. The molecule has 7 nitrogen and oxygen atoms in total. The molecule has 0 aromatic heterocycles. The van der Waals surface area contributed by atoms with E-state index in [0.717, 1.165) is 6.07 Å². The molecule has 0 heterocycles. The molecule has 0 fully saturated rings. The van der Waals surface area contributed by atoms with E-state index in [2.05, 4.69) is 4.72 Å². The van der Waals surface area contributed by atoms with Crippen LogP contribution in [-0.2, 0) is 20.0 Å². The average molecular weight is 404 g/mol.